The fourth-order valence-corrected chi connectivity index (χ4v) is 4.24. The Bertz CT molecular complexity index is 1180. The molecule has 1 aliphatic rings. The predicted molar refractivity (Wildman–Crippen MR) is 103 cm³/mol. The lowest BCUT2D eigenvalue weighted by Gasteiger charge is -2.45. The van der Waals surface area contributed by atoms with Crippen LogP contribution in [0.2, 0.25) is 0 Å². The monoisotopic (exact) mass is 439 g/mol. The Morgan fingerprint density at radius 1 is 1.13 bits per heavy atom. The summed E-state index contributed by atoms with van der Waals surface area (Å²) in [5.41, 5.74) is -3.42. The number of fused-ring (bicyclic) bond motifs is 2. The maximum Gasteiger partial charge on any atom is 0.419 e. The molecule has 0 saturated carbocycles. The van der Waals surface area contributed by atoms with Crippen molar-refractivity contribution in [2.45, 2.75) is 44.0 Å². The summed E-state index contributed by atoms with van der Waals surface area (Å²) in [6.07, 6.45) is -4.60. The number of aromatic hydroxyl groups is 1. The zero-order valence-corrected chi connectivity index (χ0v) is 16.4. The van der Waals surface area contributed by atoms with Gasteiger partial charge in [-0.25, -0.2) is 18.7 Å². The minimum absolute atomic E-state index is 0.0232. The third kappa shape index (κ3) is 3.25. The Hall–Kier alpha value is -3.01. The van der Waals surface area contributed by atoms with Crippen molar-refractivity contribution < 1.29 is 32.2 Å². The van der Waals surface area contributed by atoms with Gasteiger partial charge in [-0.1, -0.05) is 13.0 Å². The van der Waals surface area contributed by atoms with Gasteiger partial charge in [0.25, 0.3) is 0 Å². The number of rotatable bonds is 2. The maximum absolute atomic E-state index is 14.2. The third-order valence-corrected chi connectivity index (χ3v) is 5.71. The smallest absolute Gasteiger partial charge is 0.419 e. The minimum Gasteiger partial charge on any atom is -0.505 e. The number of phenolic OH excluding ortho intramolecular Hbond substituents is 1. The first-order valence-electron chi connectivity index (χ1n) is 9.43. The Morgan fingerprint density at radius 2 is 1.81 bits per heavy atom. The molecule has 2 aromatic carbocycles. The van der Waals surface area contributed by atoms with Crippen molar-refractivity contribution in [3.8, 4) is 5.75 Å². The van der Waals surface area contributed by atoms with Crippen molar-refractivity contribution in [3.05, 3.63) is 59.0 Å². The summed E-state index contributed by atoms with van der Waals surface area (Å²) in [7, 11) is 0. The highest BCUT2D eigenvalue weighted by atomic mass is 19.4. The molecule has 3 N–H and O–H groups in total. The number of aliphatic hydroxyl groups is 1. The molecule has 0 fully saturated rings. The van der Waals surface area contributed by atoms with Gasteiger partial charge in [-0.15, -0.1) is 0 Å². The Labute approximate surface area is 173 Å². The topological polar surface area (TPSA) is 78.3 Å². The number of aryl methyl sites for hydroxylation is 1. The van der Waals surface area contributed by atoms with Crippen LogP contribution in [-0.4, -0.2) is 32.0 Å². The molecular formula is C21H18F5N3O2. The van der Waals surface area contributed by atoms with Gasteiger partial charge in [0.05, 0.1) is 6.04 Å². The molecule has 1 aromatic heterocycles. The maximum atomic E-state index is 14.2. The van der Waals surface area contributed by atoms with Crippen molar-refractivity contribution >= 4 is 16.6 Å². The molecule has 0 spiro atoms. The fraction of sp³-hybridized carbons (Fsp3) is 0.333. The van der Waals surface area contributed by atoms with Gasteiger partial charge in [-0.05, 0) is 43.0 Å². The molecule has 164 valence electrons. The van der Waals surface area contributed by atoms with E-state index in [1.54, 1.807) is 0 Å². The minimum atomic E-state index is -5.05. The molecule has 0 radical (unpaired) electrons. The fourth-order valence-electron chi connectivity index (χ4n) is 4.24. The zero-order valence-electron chi connectivity index (χ0n) is 16.4. The van der Waals surface area contributed by atoms with Gasteiger partial charge >= 0.3 is 6.18 Å². The number of hydrogen-bond acceptors (Lipinski definition) is 5. The quantitative estimate of drug-likeness (QED) is 0.497. The van der Waals surface area contributed by atoms with E-state index < -0.39 is 47.5 Å². The second kappa shape index (κ2) is 7.01. The summed E-state index contributed by atoms with van der Waals surface area (Å²) in [5, 5.41) is 23.7. The van der Waals surface area contributed by atoms with Crippen LogP contribution in [0.5, 0.6) is 5.75 Å². The molecule has 0 aliphatic heterocycles. The van der Waals surface area contributed by atoms with Crippen molar-refractivity contribution in [2.75, 3.05) is 5.32 Å². The molecule has 5 nitrogen and oxygen atoms in total. The van der Waals surface area contributed by atoms with Gasteiger partial charge < -0.3 is 15.5 Å². The molecule has 0 unspecified atom stereocenters. The van der Waals surface area contributed by atoms with Crippen molar-refractivity contribution in [1.29, 1.82) is 0 Å². The van der Waals surface area contributed by atoms with E-state index in [0.717, 1.165) is 18.2 Å². The predicted octanol–water partition coefficient (Wildman–Crippen LogP) is 4.88. The molecule has 0 amide bonds. The molecule has 1 heterocycles. The van der Waals surface area contributed by atoms with E-state index in [2.05, 4.69) is 15.3 Å². The van der Waals surface area contributed by atoms with Gasteiger partial charge in [-0.3, -0.25) is 0 Å². The number of alkyl halides is 3. The first-order valence-corrected chi connectivity index (χ1v) is 9.43. The zero-order chi connectivity index (χ0) is 22.7. The number of nitrogens with one attached hydrogen (secondary N) is 1. The van der Waals surface area contributed by atoms with Crippen molar-refractivity contribution in [2.24, 2.45) is 0 Å². The van der Waals surface area contributed by atoms with Gasteiger partial charge in [0.15, 0.2) is 17.2 Å². The summed E-state index contributed by atoms with van der Waals surface area (Å²) >= 11 is 0. The van der Waals surface area contributed by atoms with Crippen LogP contribution < -0.4 is 5.32 Å². The van der Waals surface area contributed by atoms with Gasteiger partial charge in [0, 0.05) is 22.8 Å². The van der Waals surface area contributed by atoms with Crippen LogP contribution in [-0.2, 0) is 0 Å². The molecular weight excluding hydrogens is 421 g/mol. The Kier molecular flexibility index (Phi) is 4.80. The van der Waals surface area contributed by atoms with Crippen molar-refractivity contribution in [3.63, 3.8) is 0 Å². The normalized spacial score (nSPS) is 23.6. The number of halogens is 5. The molecule has 10 heteroatoms. The summed E-state index contributed by atoms with van der Waals surface area (Å²) in [5.74, 6) is -3.13. The lowest BCUT2D eigenvalue weighted by atomic mass is 9.70. The number of anilines is 1. The van der Waals surface area contributed by atoms with Crippen LogP contribution in [0, 0.1) is 18.6 Å². The molecule has 3 aromatic rings. The van der Waals surface area contributed by atoms with Crippen molar-refractivity contribution in [1.82, 2.24) is 9.97 Å². The highest BCUT2D eigenvalue weighted by Crippen LogP contribution is 2.54. The van der Waals surface area contributed by atoms with E-state index in [4.69, 9.17) is 0 Å². The second-order valence-corrected chi connectivity index (χ2v) is 7.78. The highest BCUT2D eigenvalue weighted by Gasteiger charge is 2.62. The van der Waals surface area contributed by atoms with Gasteiger partial charge in [0.2, 0.25) is 0 Å². The van der Waals surface area contributed by atoms with Crippen LogP contribution in [0.4, 0.5) is 27.6 Å². The van der Waals surface area contributed by atoms with Crippen LogP contribution >= 0.6 is 0 Å². The molecule has 4 rings (SSSR count). The molecule has 31 heavy (non-hydrogen) atoms. The number of benzene rings is 2. The SMILES string of the molecule is Cc1ncc2c(N[C@H]3c4ccc(F)c(O)c4[C@@H](C)C[C@]3(O)C(F)(F)F)ccc(F)c2n1. The van der Waals surface area contributed by atoms with E-state index >= 15 is 0 Å². The molecule has 0 saturated heterocycles. The van der Waals surface area contributed by atoms with Crippen LogP contribution in [0.1, 0.15) is 42.3 Å². The second-order valence-electron chi connectivity index (χ2n) is 7.78. The molecule has 3 atom stereocenters. The van der Waals surface area contributed by atoms with Gasteiger partial charge in [0.1, 0.15) is 17.2 Å². The number of hydrogen-bond donors (Lipinski definition) is 3. The third-order valence-electron chi connectivity index (χ3n) is 5.71. The Balaban J connectivity index is 1.93. The summed E-state index contributed by atoms with van der Waals surface area (Å²) in [6, 6.07) is 2.39. The highest BCUT2D eigenvalue weighted by molar-refractivity contribution is 5.91. The first kappa shape index (κ1) is 21.2. The summed E-state index contributed by atoms with van der Waals surface area (Å²) in [4.78, 5) is 7.97. The summed E-state index contributed by atoms with van der Waals surface area (Å²) < 4.78 is 70.3. The van der Waals surface area contributed by atoms with E-state index in [1.807, 2.05) is 0 Å². The van der Waals surface area contributed by atoms with E-state index in [0.29, 0.717) is 0 Å². The van der Waals surface area contributed by atoms with Crippen LogP contribution in [0.15, 0.2) is 30.5 Å². The average Bonchev–Trinajstić information content (AvgIpc) is 2.68. The molecule has 1 aliphatic carbocycles. The standard InChI is InChI=1S/C21H18F5N3O2/c1-9-7-20(31,21(24,25)26)19(11-3-4-14(23)18(30)16(9)11)29-15-6-5-13(22)17-12(15)8-27-10(2)28-17/h3-6,8-9,19,29-31H,7H2,1-2H3/t9-,19-,20+/m0/s1. The first-order chi connectivity index (χ1) is 14.4. The Morgan fingerprint density at radius 3 is 2.48 bits per heavy atom. The average molecular weight is 439 g/mol. The number of phenols is 1. The van der Waals surface area contributed by atoms with E-state index in [-0.39, 0.29) is 33.5 Å². The van der Waals surface area contributed by atoms with Crippen LogP contribution in [0.25, 0.3) is 10.9 Å². The van der Waals surface area contributed by atoms with E-state index in [9.17, 15) is 32.2 Å². The van der Waals surface area contributed by atoms with Gasteiger partial charge in [-0.2, -0.15) is 13.2 Å². The number of aromatic nitrogens is 2. The summed E-state index contributed by atoms with van der Waals surface area (Å²) in [6.45, 7) is 2.91. The lowest BCUT2D eigenvalue weighted by molar-refractivity contribution is -0.272. The lowest BCUT2D eigenvalue weighted by Crippen LogP contribution is -2.55. The largest absolute Gasteiger partial charge is 0.505 e. The van der Waals surface area contributed by atoms with Crippen LogP contribution in [0.3, 0.4) is 0 Å². The molecule has 0 bridgehead atoms. The number of nitrogens with zero attached hydrogens (tertiary/aromatic N) is 2. The van der Waals surface area contributed by atoms with E-state index in [1.165, 1.54) is 26.1 Å².